The fourth-order valence-corrected chi connectivity index (χ4v) is 5.22. The van der Waals surface area contributed by atoms with Gasteiger partial charge in [-0.3, -0.25) is 4.79 Å². The summed E-state index contributed by atoms with van der Waals surface area (Å²) < 4.78 is 65.2. The first-order valence-corrected chi connectivity index (χ1v) is 11.0. The van der Waals surface area contributed by atoms with E-state index in [-0.39, 0.29) is 18.5 Å². The number of alkyl halides is 3. The number of hydrogen-bond donors (Lipinski definition) is 0. The number of rotatable bonds is 4. The summed E-state index contributed by atoms with van der Waals surface area (Å²) in [5, 5.41) is 0. The fraction of sp³-hybridized carbons (Fsp3) is 0.423. The van der Waals surface area contributed by atoms with Gasteiger partial charge in [0.25, 0.3) is 0 Å². The second-order valence-electron chi connectivity index (χ2n) is 9.07. The van der Waals surface area contributed by atoms with E-state index in [1.54, 1.807) is 12.1 Å². The van der Waals surface area contributed by atoms with Crippen LogP contribution in [-0.4, -0.2) is 25.3 Å². The van der Waals surface area contributed by atoms with E-state index in [0.29, 0.717) is 24.0 Å². The molecule has 0 radical (unpaired) electrons. The molecular weight excluding hydrogens is 436 g/mol. The fourth-order valence-electron chi connectivity index (χ4n) is 5.22. The summed E-state index contributed by atoms with van der Waals surface area (Å²) in [5.74, 6) is -1.69. The SMILES string of the molecule is COC(=O)[C@H]1CC[C@@]2(C=C(c3cc(C(F)(F)F)ccc3C(C)C)CO2)[C@@H]1c1ccc(F)cc1. The molecule has 2 aromatic carbocycles. The predicted octanol–water partition coefficient (Wildman–Crippen LogP) is 6.49. The molecule has 1 heterocycles. The molecular formula is C26H26F4O3. The Morgan fingerprint density at radius 3 is 2.45 bits per heavy atom. The number of carbonyl (C=O) groups is 1. The van der Waals surface area contributed by atoms with Crippen LogP contribution < -0.4 is 0 Å². The highest BCUT2D eigenvalue weighted by Gasteiger charge is 2.54. The largest absolute Gasteiger partial charge is 0.469 e. The number of methoxy groups -OCH3 is 1. The first-order valence-electron chi connectivity index (χ1n) is 11.0. The molecule has 33 heavy (non-hydrogen) atoms. The summed E-state index contributed by atoms with van der Waals surface area (Å²) in [5.41, 5.74) is 1.12. The van der Waals surface area contributed by atoms with Crippen LogP contribution in [0.4, 0.5) is 17.6 Å². The van der Waals surface area contributed by atoms with Gasteiger partial charge in [-0.2, -0.15) is 13.2 Å². The Balaban J connectivity index is 1.82. The Morgan fingerprint density at radius 1 is 1.15 bits per heavy atom. The molecule has 1 aliphatic carbocycles. The third kappa shape index (κ3) is 4.31. The maximum atomic E-state index is 13.6. The zero-order valence-electron chi connectivity index (χ0n) is 18.7. The Hall–Kier alpha value is -2.67. The average Bonchev–Trinajstić information content (AvgIpc) is 3.37. The Morgan fingerprint density at radius 2 is 1.85 bits per heavy atom. The van der Waals surface area contributed by atoms with Crippen molar-refractivity contribution in [1.29, 1.82) is 0 Å². The van der Waals surface area contributed by atoms with Gasteiger partial charge in [-0.1, -0.05) is 32.0 Å². The van der Waals surface area contributed by atoms with Crippen molar-refractivity contribution in [1.82, 2.24) is 0 Å². The van der Waals surface area contributed by atoms with Gasteiger partial charge < -0.3 is 9.47 Å². The van der Waals surface area contributed by atoms with E-state index in [9.17, 15) is 22.4 Å². The van der Waals surface area contributed by atoms with Crippen LogP contribution in [0.15, 0.2) is 48.5 Å². The third-order valence-electron chi connectivity index (χ3n) is 6.77. The molecule has 0 unspecified atom stereocenters. The lowest BCUT2D eigenvalue weighted by molar-refractivity contribution is -0.146. The topological polar surface area (TPSA) is 35.5 Å². The number of halogens is 4. The van der Waals surface area contributed by atoms with Gasteiger partial charge in [0.05, 0.1) is 30.8 Å². The normalized spacial score (nSPS) is 25.0. The monoisotopic (exact) mass is 462 g/mol. The van der Waals surface area contributed by atoms with E-state index in [2.05, 4.69) is 0 Å². The number of esters is 1. The van der Waals surface area contributed by atoms with Gasteiger partial charge in [0, 0.05) is 5.92 Å². The number of carbonyl (C=O) groups excluding carboxylic acids is 1. The van der Waals surface area contributed by atoms with Crippen molar-refractivity contribution in [3.05, 3.63) is 76.6 Å². The molecule has 1 fully saturated rings. The van der Waals surface area contributed by atoms with Crippen molar-refractivity contribution in [3.8, 4) is 0 Å². The highest BCUT2D eigenvalue weighted by Crippen LogP contribution is 2.54. The van der Waals surface area contributed by atoms with Crippen molar-refractivity contribution >= 4 is 11.5 Å². The van der Waals surface area contributed by atoms with Crippen LogP contribution >= 0.6 is 0 Å². The second-order valence-corrected chi connectivity index (χ2v) is 9.07. The lowest BCUT2D eigenvalue weighted by Gasteiger charge is -2.31. The van der Waals surface area contributed by atoms with Crippen LogP contribution in [0.1, 0.15) is 60.8 Å². The molecule has 2 aromatic rings. The molecule has 1 saturated carbocycles. The predicted molar refractivity (Wildman–Crippen MR) is 116 cm³/mol. The first-order chi connectivity index (χ1) is 15.6. The van der Waals surface area contributed by atoms with E-state index in [1.807, 2.05) is 19.9 Å². The summed E-state index contributed by atoms with van der Waals surface area (Å²) in [7, 11) is 1.32. The highest BCUT2D eigenvalue weighted by molar-refractivity contribution is 5.77. The van der Waals surface area contributed by atoms with E-state index < -0.39 is 35.0 Å². The summed E-state index contributed by atoms with van der Waals surface area (Å²) in [4.78, 5) is 12.6. The third-order valence-corrected chi connectivity index (χ3v) is 6.77. The molecule has 0 N–H and O–H groups in total. The smallest absolute Gasteiger partial charge is 0.416 e. The van der Waals surface area contributed by atoms with Crippen molar-refractivity contribution in [2.45, 2.75) is 50.3 Å². The van der Waals surface area contributed by atoms with Crippen LogP contribution in [0.2, 0.25) is 0 Å². The van der Waals surface area contributed by atoms with Crippen LogP contribution in [0, 0.1) is 11.7 Å². The Kier molecular flexibility index (Phi) is 6.12. The molecule has 0 bridgehead atoms. The maximum Gasteiger partial charge on any atom is 0.416 e. The Labute approximate surface area is 190 Å². The lowest BCUT2D eigenvalue weighted by atomic mass is 9.79. The molecule has 1 spiro atoms. The van der Waals surface area contributed by atoms with Crippen LogP contribution in [0.25, 0.3) is 5.57 Å². The van der Waals surface area contributed by atoms with Gasteiger partial charge in [0.2, 0.25) is 0 Å². The minimum absolute atomic E-state index is 0.0130. The zero-order valence-corrected chi connectivity index (χ0v) is 18.7. The summed E-state index contributed by atoms with van der Waals surface area (Å²) in [6, 6.07) is 9.73. The molecule has 0 amide bonds. The number of benzene rings is 2. The number of hydrogen-bond acceptors (Lipinski definition) is 3. The van der Waals surface area contributed by atoms with E-state index in [4.69, 9.17) is 9.47 Å². The van der Waals surface area contributed by atoms with E-state index in [0.717, 1.165) is 17.2 Å². The standard InChI is InChI=1S/C26H26F4O3/c1-15(2)20-9-6-18(26(28,29)30)12-22(20)17-13-25(33-14-17)11-10-21(24(31)32-3)23(25)16-4-7-19(27)8-5-16/h4-9,12-13,15,21,23H,10-11,14H2,1-3H3/t21-,23+,25+/m0/s1. The van der Waals surface area contributed by atoms with Gasteiger partial charge in [0.1, 0.15) is 5.82 Å². The molecule has 7 heteroatoms. The molecule has 2 aliphatic rings. The molecule has 176 valence electrons. The quantitative estimate of drug-likeness (QED) is 0.385. The van der Waals surface area contributed by atoms with Gasteiger partial charge in [0.15, 0.2) is 0 Å². The molecule has 0 aromatic heterocycles. The average molecular weight is 462 g/mol. The number of ether oxygens (including phenoxy) is 2. The summed E-state index contributed by atoms with van der Waals surface area (Å²) in [6.45, 7) is 4.00. The van der Waals surface area contributed by atoms with Gasteiger partial charge in [-0.25, -0.2) is 4.39 Å². The van der Waals surface area contributed by atoms with Crippen LogP contribution in [-0.2, 0) is 20.4 Å². The van der Waals surface area contributed by atoms with Crippen molar-refractivity contribution in [2.75, 3.05) is 13.7 Å². The molecule has 3 nitrogen and oxygen atoms in total. The van der Waals surface area contributed by atoms with Crippen molar-refractivity contribution in [3.63, 3.8) is 0 Å². The van der Waals surface area contributed by atoms with Crippen molar-refractivity contribution < 1.29 is 31.8 Å². The van der Waals surface area contributed by atoms with Crippen LogP contribution in [0.5, 0.6) is 0 Å². The van der Waals surface area contributed by atoms with Crippen molar-refractivity contribution in [2.24, 2.45) is 5.92 Å². The van der Waals surface area contributed by atoms with Gasteiger partial charge >= 0.3 is 12.1 Å². The lowest BCUT2D eigenvalue weighted by Crippen LogP contribution is -2.34. The molecule has 4 rings (SSSR count). The highest BCUT2D eigenvalue weighted by atomic mass is 19.4. The molecule has 1 aliphatic heterocycles. The van der Waals surface area contributed by atoms with Gasteiger partial charge in [-0.05, 0) is 71.4 Å². The van der Waals surface area contributed by atoms with E-state index in [1.165, 1.54) is 31.4 Å². The van der Waals surface area contributed by atoms with E-state index >= 15 is 0 Å². The minimum atomic E-state index is -4.46. The molecule has 3 atom stereocenters. The van der Waals surface area contributed by atoms with Gasteiger partial charge in [-0.15, -0.1) is 0 Å². The maximum absolute atomic E-state index is 13.6. The minimum Gasteiger partial charge on any atom is -0.469 e. The molecule has 0 saturated heterocycles. The zero-order chi connectivity index (χ0) is 24.0. The summed E-state index contributed by atoms with van der Waals surface area (Å²) >= 11 is 0. The van der Waals surface area contributed by atoms with Crippen LogP contribution in [0.3, 0.4) is 0 Å². The first kappa shape index (κ1) is 23.5. The Bertz CT molecular complexity index is 1070. The summed E-state index contributed by atoms with van der Waals surface area (Å²) in [6.07, 6.45) is -1.57. The second kappa shape index (κ2) is 8.60.